The summed E-state index contributed by atoms with van der Waals surface area (Å²) < 4.78 is 22.8. The van der Waals surface area contributed by atoms with E-state index in [4.69, 9.17) is 5.73 Å². The van der Waals surface area contributed by atoms with Crippen LogP contribution < -0.4 is 5.73 Å². The lowest BCUT2D eigenvalue weighted by Gasteiger charge is -2.05. The average Bonchev–Trinajstić information content (AvgIpc) is 2.44. The highest BCUT2D eigenvalue weighted by Crippen LogP contribution is 2.29. The fourth-order valence-corrected chi connectivity index (χ4v) is 2.51. The molecule has 2 N–H and O–H groups in total. The molecule has 0 fully saturated rings. The van der Waals surface area contributed by atoms with Gasteiger partial charge in [0.05, 0.1) is 0 Å². The second kappa shape index (κ2) is 3.24. The molecule has 4 heteroatoms. The molecule has 1 aliphatic heterocycles. The summed E-state index contributed by atoms with van der Waals surface area (Å²) in [6, 6.07) is 7.56. The van der Waals surface area contributed by atoms with E-state index >= 15 is 0 Å². The second-order valence-electron chi connectivity index (χ2n) is 3.44. The fourth-order valence-electron chi connectivity index (χ4n) is 1.56. The van der Waals surface area contributed by atoms with Crippen molar-refractivity contribution in [3.8, 4) is 0 Å². The van der Waals surface area contributed by atoms with Crippen molar-refractivity contribution in [2.24, 2.45) is 5.73 Å². The third-order valence-corrected chi connectivity index (χ3v) is 3.75. The van der Waals surface area contributed by atoms with Crippen molar-refractivity contribution in [3.63, 3.8) is 0 Å². The zero-order valence-corrected chi connectivity index (χ0v) is 9.08. The van der Waals surface area contributed by atoms with Gasteiger partial charge in [-0.05, 0) is 24.1 Å². The Kier molecular flexibility index (Phi) is 2.16. The molecule has 0 spiro atoms. The summed E-state index contributed by atoms with van der Waals surface area (Å²) in [4.78, 5) is 0. The highest BCUT2D eigenvalue weighted by Gasteiger charge is 2.22. The maximum atomic E-state index is 11.4. The van der Waals surface area contributed by atoms with E-state index in [0.29, 0.717) is 5.57 Å². The predicted octanol–water partition coefficient (Wildman–Crippen LogP) is 1.56. The van der Waals surface area contributed by atoms with Crippen LogP contribution >= 0.6 is 0 Å². The van der Waals surface area contributed by atoms with Crippen molar-refractivity contribution in [1.29, 1.82) is 0 Å². The molecule has 3 nitrogen and oxygen atoms in total. The monoisotopic (exact) mass is 221 g/mol. The molecular weight excluding hydrogens is 210 g/mol. The Balaban J connectivity index is 2.66. The first kappa shape index (κ1) is 9.98. The smallest absolute Gasteiger partial charge is 0.215 e. The van der Waals surface area contributed by atoms with Crippen LogP contribution in [0, 0.1) is 6.92 Å². The van der Waals surface area contributed by atoms with Gasteiger partial charge in [0.15, 0.2) is 0 Å². The van der Waals surface area contributed by atoms with Gasteiger partial charge >= 0.3 is 0 Å². The van der Waals surface area contributed by atoms with Crippen molar-refractivity contribution in [3.05, 3.63) is 51.9 Å². The van der Waals surface area contributed by atoms with Crippen LogP contribution in [0.15, 0.2) is 40.8 Å². The number of rotatable bonds is 1. The topological polar surface area (TPSA) is 60.2 Å². The van der Waals surface area contributed by atoms with E-state index in [1.54, 1.807) is 6.08 Å². The summed E-state index contributed by atoms with van der Waals surface area (Å²) in [6.07, 6.45) is 1.55. The van der Waals surface area contributed by atoms with E-state index in [0.717, 1.165) is 16.5 Å². The van der Waals surface area contributed by atoms with Crippen LogP contribution in [-0.2, 0) is 9.84 Å². The summed E-state index contributed by atoms with van der Waals surface area (Å²) in [7, 11) is -3.36. The number of hydrogen-bond acceptors (Lipinski definition) is 3. The molecule has 78 valence electrons. The van der Waals surface area contributed by atoms with Gasteiger partial charge < -0.3 is 5.73 Å². The Hall–Kier alpha value is -1.55. The van der Waals surface area contributed by atoms with Crippen molar-refractivity contribution in [1.82, 2.24) is 0 Å². The third kappa shape index (κ3) is 1.57. The molecule has 0 radical (unpaired) electrons. The molecule has 1 aliphatic rings. The Labute approximate surface area is 88.8 Å². The fraction of sp³-hybridized carbons (Fsp3) is 0.0909. The molecule has 1 aromatic carbocycles. The zero-order valence-electron chi connectivity index (χ0n) is 8.27. The van der Waals surface area contributed by atoms with E-state index in [1.807, 2.05) is 31.2 Å². The van der Waals surface area contributed by atoms with Crippen molar-refractivity contribution in [2.75, 3.05) is 0 Å². The minimum Gasteiger partial charge on any atom is -0.389 e. The summed E-state index contributed by atoms with van der Waals surface area (Å²) in [5, 5.41) is 1.08. The van der Waals surface area contributed by atoms with Crippen LogP contribution in [-0.4, -0.2) is 8.42 Å². The number of nitrogens with two attached hydrogens (primary N) is 1. The molecule has 0 unspecified atom stereocenters. The van der Waals surface area contributed by atoms with E-state index in [2.05, 4.69) is 0 Å². The Morgan fingerprint density at radius 1 is 1.20 bits per heavy atom. The summed E-state index contributed by atoms with van der Waals surface area (Å²) in [5.74, 6) is 0. The Bertz CT molecular complexity index is 568. The van der Waals surface area contributed by atoms with Gasteiger partial charge in [-0.25, -0.2) is 8.42 Å². The first-order chi connectivity index (χ1) is 7.02. The molecule has 15 heavy (non-hydrogen) atoms. The number of benzene rings is 1. The maximum absolute atomic E-state index is 11.4. The summed E-state index contributed by atoms with van der Waals surface area (Å²) >= 11 is 0. The standard InChI is InChI=1S/C11H11NO2S/c1-8-4-2-3-5-9(8)10-6-7-15(13,14)11(10)12/h2-7H,12H2,1H3. The van der Waals surface area contributed by atoms with Crippen molar-refractivity contribution < 1.29 is 8.42 Å². The van der Waals surface area contributed by atoms with Crippen LogP contribution in [0.3, 0.4) is 0 Å². The van der Waals surface area contributed by atoms with Gasteiger partial charge in [-0.3, -0.25) is 0 Å². The molecule has 0 aromatic heterocycles. The lowest BCUT2D eigenvalue weighted by Crippen LogP contribution is -2.07. The van der Waals surface area contributed by atoms with Gasteiger partial charge in [0.25, 0.3) is 0 Å². The molecular formula is C11H11NO2S. The quantitative estimate of drug-likeness (QED) is 0.783. The molecule has 0 atom stereocenters. The molecule has 0 saturated heterocycles. The number of allylic oxidation sites excluding steroid dienone is 2. The number of sulfone groups is 1. The van der Waals surface area contributed by atoms with Gasteiger partial charge in [0.2, 0.25) is 9.84 Å². The average molecular weight is 221 g/mol. The zero-order chi connectivity index (χ0) is 11.1. The Morgan fingerprint density at radius 2 is 1.87 bits per heavy atom. The summed E-state index contributed by atoms with van der Waals surface area (Å²) in [5.41, 5.74) is 8.06. The lowest BCUT2D eigenvalue weighted by atomic mass is 10.0. The minimum absolute atomic E-state index is 0.0585. The number of aryl methyl sites for hydroxylation is 1. The highest BCUT2D eigenvalue weighted by atomic mass is 32.2. The van der Waals surface area contributed by atoms with E-state index in [-0.39, 0.29) is 5.03 Å². The largest absolute Gasteiger partial charge is 0.389 e. The Morgan fingerprint density at radius 3 is 2.40 bits per heavy atom. The summed E-state index contributed by atoms with van der Waals surface area (Å²) in [6.45, 7) is 1.92. The van der Waals surface area contributed by atoms with Crippen LogP contribution in [0.4, 0.5) is 0 Å². The van der Waals surface area contributed by atoms with Gasteiger partial charge in [-0.2, -0.15) is 0 Å². The van der Waals surface area contributed by atoms with Crippen LogP contribution in [0.2, 0.25) is 0 Å². The lowest BCUT2D eigenvalue weighted by molar-refractivity contribution is 0.610. The first-order valence-electron chi connectivity index (χ1n) is 4.51. The minimum atomic E-state index is -3.36. The molecule has 2 rings (SSSR count). The van der Waals surface area contributed by atoms with Crippen LogP contribution in [0.1, 0.15) is 11.1 Å². The van der Waals surface area contributed by atoms with E-state index in [1.165, 1.54) is 0 Å². The predicted molar refractivity (Wildman–Crippen MR) is 60.3 cm³/mol. The highest BCUT2D eigenvalue weighted by molar-refractivity contribution is 7.98. The van der Waals surface area contributed by atoms with Gasteiger partial charge in [-0.1, -0.05) is 24.3 Å². The maximum Gasteiger partial charge on any atom is 0.215 e. The van der Waals surface area contributed by atoms with Gasteiger partial charge in [0.1, 0.15) is 5.03 Å². The van der Waals surface area contributed by atoms with E-state index < -0.39 is 9.84 Å². The first-order valence-corrected chi connectivity index (χ1v) is 6.06. The van der Waals surface area contributed by atoms with Crippen LogP contribution in [0.5, 0.6) is 0 Å². The SMILES string of the molecule is Cc1ccccc1C1=C(N)S(=O)(=O)C=C1. The molecule has 1 aromatic rings. The van der Waals surface area contributed by atoms with Gasteiger partial charge in [-0.15, -0.1) is 0 Å². The molecule has 1 heterocycles. The molecule has 0 aliphatic carbocycles. The molecule has 0 bridgehead atoms. The normalized spacial score (nSPS) is 18.5. The van der Waals surface area contributed by atoms with Crippen LogP contribution in [0.25, 0.3) is 5.57 Å². The van der Waals surface area contributed by atoms with Gasteiger partial charge in [0, 0.05) is 11.0 Å². The van der Waals surface area contributed by atoms with Crippen molar-refractivity contribution >= 4 is 15.4 Å². The third-order valence-electron chi connectivity index (χ3n) is 2.42. The number of hydrogen-bond donors (Lipinski definition) is 1. The second-order valence-corrected chi connectivity index (χ2v) is 5.24. The van der Waals surface area contributed by atoms with Crippen molar-refractivity contribution in [2.45, 2.75) is 6.92 Å². The van der Waals surface area contributed by atoms with E-state index in [9.17, 15) is 8.42 Å². The molecule has 0 amide bonds. The molecule has 0 saturated carbocycles.